The van der Waals surface area contributed by atoms with E-state index in [9.17, 15) is 4.21 Å². The molecule has 3 aromatic rings. The zero-order valence-corrected chi connectivity index (χ0v) is 14.8. The van der Waals surface area contributed by atoms with E-state index in [4.69, 9.17) is 11.6 Å². The second kappa shape index (κ2) is 6.15. The third kappa shape index (κ3) is 2.78. The molecule has 122 valence electrons. The van der Waals surface area contributed by atoms with E-state index < -0.39 is 10.8 Å². The molecule has 4 rings (SSSR count). The third-order valence-electron chi connectivity index (χ3n) is 4.20. The summed E-state index contributed by atoms with van der Waals surface area (Å²) in [5.74, 6) is 1.15. The van der Waals surface area contributed by atoms with Crippen LogP contribution in [0.5, 0.6) is 0 Å². The molecule has 0 bridgehead atoms. The second-order valence-electron chi connectivity index (χ2n) is 5.91. The summed E-state index contributed by atoms with van der Waals surface area (Å²) in [6.07, 6.45) is 0. The van der Waals surface area contributed by atoms with E-state index >= 15 is 0 Å². The molecule has 1 unspecified atom stereocenters. The van der Waals surface area contributed by atoms with Crippen molar-refractivity contribution in [1.82, 2.24) is 9.97 Å². The molecule has 0 fully saturated rings. The molecule has 1 atom stereocenters. The average Bonchev–Trinajstić information content (AvgIpc) is 2.75. The van der Waals surface area contributed by atoms with Gasteiger partial charge in [0, 0.05) is 29.1 Å². The molecule has 0 N–H and O–H groups in total. The largest absolute Gasteiger partial charge is 0.335 e. The highest BCUT2D eigenvalue weighted by molar-refractivity contribution is 7.85. The minimum Gasteiger partial charge on any atom is -0.335 e. The summed E-state index contributed by atoms with van der Waals surface area (Å²) in [5.41, 5.74) is 3.01. The number of halogens is 1. The molecule has 0 radical (unpaired) electrons. The van der Waals surface area contributed by atoms with Crippen LogP contribution < -0.4 is 4.90 Å². The van der Waals surface area contributed by atoms with Crippen molar-refractivity contribution in [3.8, 4) is 0 Å². The predicted octanol–water partition coefficient (Wildman–Crippen LogP) is 3.72. The van der Waals surface area contributed by atoms with E-state index in [1.54, 1.807) is 0 Å². The number of rotatable bonds is 1. The van der Waals surface area contributed by atoms with Gasteiger partial charge in [0.2, 0.25) is 5.95 Å². The lowest BCUT2D eigenvalue weighted by atomic mass is 10.2. The minimum absolute atomic E-state index is 0.456. The molecule has 0 saturated carbocycles. The van der Waals surface area contributed by atoms with Crippen molar-refractivity contribution >= 4 is 39.3 Å². The second-order valence-corrected chi connectivity index (χ2v) is 7.81. The van der Waals surface area contributed by atoms with Gasteiger partial charge < -0.3 is 4.90 Å². The van der Waals surface area contributed by atoms with Crippen LogP contribution in [0.1, 0.15) is 11.1 Å². The molecule has 0 spiro atoms. The number of anilines is 1. The van der Waals surface area contributed by atoms with Crippen LogP contribution in [-0.4, -0.2) is 26.5 Å². The van der Waals surface area contributed by atoms with Crippen molar-refractivity contribution < 1.29 is 4.21 Å². The number of nitrogens with zero attached hydrogens (tertiary/aromatic N) is 3. The van der Waals surface area contributed by atoms with Crippen molar-refractivity contribution in [2.24, 2.45) is 0 Å². The topological polar surface area (TPSA) is 46.1 Å². The predicted molar refractivity (Wildman–Crippen MR) is 98.1 cm³/mol. The van der Waals surface area contributed by atoms with E-state index in [2.05, 4.69) is 14.9 Å². The van der Waals surface area contributed by atoms with Gasteiger partial charge in [-0.2, -0.15) is 0 Å². The molecule has 0 aliphatic carbocycles. The number of aromatic nitrogens is 2. The monoisotopic (exact) mass is 357 g/mol. The Morgan fingerprint density at radius 2 is 2.00 bits per heavy atom. The first-order chi connectivity index (χ1) is 11.6. The van der Waals surface area contributed by atoms with Crippen LogP contribution in [0.15, 0.2) is 47.4 Å². The van der Waals surface area contributed by atoms with E-state index in [-0.39, 0.29) is 0 Å². The van der Waals surface area contributed by atoms with Gasteiger partial charge in [0.15, 0.2) is 0 Å². The normalized spacial score (nSPS) is 17.6. The lowest BCUT2D eigenvalue weighted by Crippen LogP contribution is -2.26. The van der Waals surface area contributed by atoms with Gasteiger partial charge in [-0.3, -0.25) is 4.21 Å². The maximum absolute atomic E-state index is 12.4. The maximum Gasteiger partial charge on any atom is 0.227 e. The van der Waals surface area contributed by atoms with Gasteiger partial charge in [-0.25, -0.2) is 9.97 Å². The summed E-state index contributed by atoms with van der Waals surface area (Å²) in [5, 5.41) is 1.32. The highest BCUT2D eigenvalue weighted by Gasteiger charge is 2.21. The minimum atomic E-state index is -0.993. The molecule has 2 aromatic carbocycles. The molecule has 6 heteroatoms. The molecule has 1 aliphatic rings. The molecule has 1 aliphatic heterocycles. The van der Waals surface area contributed by atoms with Crippen LogP contribution >= 0.6 is 11.6 Å². The van der Waals surface area contributed by atoms with Gasteiger partial charge in [-0.05, 0) is 30.7 Å². The Balaban J connectivity index is 1.78. The van der Waals surface area contributed by atoms with E-state index in [1.807, 2.05) is 49.4 Å². The number of aryl methyl sites for hydroxylation is 1. The van der Waals surface area contributed by atoms with Crippen molar-refractivity contribution in [2.75, 3.05) is 17.2 Å². The van der Waals surface area contributed by atoms with Gasteiger partial charge >= 0.3 is 0 Å². The Hall–Kier alpha value is -1.98. The standard InChI is InChI=1S/C18H16ClN3OS/c1-12-6-7-15-14(10-12)17(19)21-18(20-15)22-8-9-24(23)16-5-3-2-4-13(16)11-22/h2-7,10H,8-9,11H2,1H3. The van der Waals surface area contributed by atoms with Crippen molar-refractivity contribution in [3.63, 3.8) is 0 Å². The summed E-state index contributed by atoms with van der Waals surface area (Å²) in [6.45, 7) is 3.29. The van der Waals surface area contributed by atoms with Crippen molar-refractivity contribution in [1.29, 1.82) is 0 Å². The fourth-order valence-corrected chi connectivity index (χ4v) is 4.44. The summed E-state index contributed by atoms with van der Waals surface area (Å²) < 4.78 is 12.4. The molecule has 4 nitrogen and oxygen atoms in total. The third-order valence-corrected chi connectivity index (χ3v) is 5.93. The summed E-state index contributed by atoms with van der Waals surface area (Å²) in [7, 11) is -0.993. The number of benzene rings is 2. The smallest absolute Gasteiger partial charge is 0.227 e. The number of fused-ring (bicyclic) bond motifs is 2. The van der Waals surface area contributed by atoms with Crippen LogP contribution in [-0.2, 0) is 17.3 Å². The zero-order valence-electron chi connectivity index (χ0n) is 13.2. The molecule has 0 saturated heterocycles. The van der Waals surface area contributed by atoms with Crippen LogP contribution in [0.2, 0.25) is 5.15 Å². The molecule has 0 amide bonds. The quantitative estimate of drug-likeness (QED) is 0.623. The first kappa shape index (κ1) is 15.5. The fraction of sp³-hybridized carbons (Fsp3) is 0.222. The molecule has 2 heterocycles. The Morgan fingerprint density at radius 3 is 2.88 bits per heavy atom. The number of hydrogen-bond donors (Lipinski definition) is 0. The summed E-state index contributed by atoms with van der Waals surface area (Å²) in [4.78, 5) is 12.1. The van der Waals surface area contributed by atoms with Gasteiger partial charge in [0.1, 0.15) is 5.15 Å². The van der Waals surface area contributed by atoms with Crippen LogP contribution in [0.25, 0.3) is 10.9 Å². The molecular weight excluding hydrogens is 342 g/mol. The van der Waals surface area contributed by atoms with Gasteiger partial charge in [-0.15, -0.1) is 0 Å². The van der Waals surface area contributed by atoms with Crippen LogP contribution in [0.3, 0.4) is 0 Å². The average molecular weight is 358 g/mol. The molecule has 24 heavy (non-hydrogen) atoms. The first-order valence-corrected chi connectivity index (χ1v) is 9.46. The summed E-state index contributed by atoms with van der Waals surface area (Å²) >= 11 is 6.39. The van der Waals surface area contributed by atoms with E-state index in [1.165, 1.54) is 0 Å². The summed E-state index contributed by atoms with van der Waals surface area (Å²) in [6, 6.07) is 13.8. The zero-order chi connectivity index (χ0) is 16.7. The molecule has 1 aromatic heterocycles. The van der Waals surface area contributed by atoms with Crippen LogP contribution in [0.4, 0.5) is 5.95 Å². The Kier molecular flexibility index (Phi) is 3.98. The maximum atomic E-state index is 12.4. The highest BCUT2D eigenvalue weighted by atomic mass is 35.5. The van der Waals surface area contributed by atoms with Gasteiger partial charge in [0.05, 0.1) is 16.3 Å². The highest BCUT2D eigenvalue weighted by Crippen LogP contribution is 2.27. The fourth-order valence-electron chi connectivity index (χ4n) is 2.95. The Morgan fingerprint density at radius 1 is 1.17 bits per heavy atom. The lowest BCUT2D eigenvalue weighted by Gasteiger charge is -2.21. The van der Waals surface area contributed by atoms with Gasteiger partial charge in [0.25, 0.3) is 0 Å². The van der Waals surface area contributed by atoms with Crippen molar-refractivity contribution in [2.45, 2.75) is 18.4 Å². The van der Waals surface area contributed by atoms with Gasteiger partial charge in [-0.1, -0.05) is 41.4 Å². The number of hydrogen-bond acceptors (Lipinski definition) is 4. The first-order valence-electron chi connectivity index (χ1n) is 7.77. The van der Waals surface area contributed by atoms with Crippen molar-refractivity contribution in [3.05, 3.63) is 58.7 Å². The Labute approximate surface area is 148 Å². The SMILES string of the molecule is Cc1ccc2nc(N3CCS(=O)c4ccccc4C3)nc(Cl)c2c1. The molecular formula is C18H16ClN3OS. The van der Waals surface area contributed by atoms with E-state index in [0.29, 0.717) is 29.9 Å². The Bertz CT molecular complexity index is 960. The lowest BCUT2D eigenvalue weighted by molar-refractivity contribution is 0.683. The van der Waals surface area contributed by atoms with Crippen LogP contribution in [0, 0.1) is 6.92 Å². The van der Waals surface area contributed by atoms with E-state index in [0.717, 1.165) is 26.9 Å².